The van der Waals surface area contributed by atoms with Crippen LogP contribution < -0.4 is 5.32 Å². The van der Waals surface area contributed by atoms with Crippen LogP contribution in [-0.4, -0.2) is 41.0 Å². The van der Waals surface area contributed by atoms with Gasteiger partial charge in [0.15, 0.2) is 6.29 Å². The first kappa shape index (κ1) is 13.8. The van der Waals surface area contributed by atoms with Crippen LogP contribution >= 0.6 is 0 Å². The second-order valence-corrected chi connectivity index (χ2v) is 4.02. The van der Waals surface area contributed by atoms with Gasteiger partial charge in [-0.05, 0) is 19.9 Å². The van der Waals surface area contributed by atoms with E-state index < -0.39 is 0 Å². The zero-order chi connectivity index (χ0) is 13.5. The predicted octanol–water partition coefficient (Wildman–Crippen LogP) is 2.16. The summed E-state index contributed by atoms with van der Waals surface area (Å²) < 4.78 is 11.0. The lowest BCUT2D eigenvalue weighted by Crippen LogP contribution is -2.21. The van der Waals surface area contributed by atoms with Crippen LogP contribution in [0, 0.1) is 0 Å². The standard InChI is InChI=1S/C13H20N4O2/c1-3-18-11(19-4-2)6-8-15-13-10-5-7-14-12(10)16-9-17-13/h5,7,9,11H,3-4,6,8H2,1-2H3,(H2,14,15,16,17). The summed E-state index contributed by atoms with van der Waals surface area (Å²) in [5.41, 5.74) is 0.837. The van der Waals surface area contributed by atoms with Crippen LogP contribution in [0.5, 0.6) is 0 Å². The quantitative estimate of drug-likeness (QED) is 0.715. The molecule has 0 spiro atoms. The summed E-state index contributed by atoms with van der Waals surface area (Å²) in [5.74, 6) is 0.831. The first-order chi connectivity index (χ1) is 9.35. The Labute approximate surface area is 112 Å². The van der Waals surface area contributed by atoms with E-state index in [1.807, 2.05) is 26.1 Å². The summed E-state index contributed by atoms with van der Waals surface area (Å²) in [6.07, 6.45) is 4.01. The van der Waals surface area contributed by atoms with E-state index in [0.29, 0.717) is 13.2 Å². The van der Waals surface area contributed by atoms with Crippen molar-refractivity contribution in [2.24, 2.45) is 0 Å². The van der Waals surface area contributed by atoms with E-state index >= 15 is 0 Å². The third kappa shape index (κ3) is 3.65. The summed E-state index contributed by atoms with van der Waals surface area (Å²) >= 11 is 0. The van der Waals surface area contributed by atoms with Gasteiger partial charge in [-0.3, -0.25) is 0 Å². The average Bonchev–Trinajstić information content (AvgIpc) is 2.88. The number of aromatic amines is 1. The smallest absolute Gasteiger partial charge is 0.159 e. The van der Waals surface area contributed by atoms with Crippen LogP contribution in [0.25, 0.3) is 11.0 Å². The second-order valence-electron chi connectivity index (χ2n) is 4.02. The third-order valence-electron chi connectivity index (χ3n) is 2.73. The highest BCUT2D eigenvalue weighted by atomic mass is 16.7. The van der Waals surface area contributed by atoms with Gasteiger partial charge < -0.3 is 19.8 Å². The number of nitrogens with zero attached hydrogens (tertiary/aromatic N) is 2. The molecule has 19 heavy (non-hydrogen) atoms. The molecule has 0 aliphatic rings. The molecule has 0 atom stereocenters. The first-order valence-corrected chi connectivity index (χ1v) is 6.60. The molecule has 2 N–H and O–H groups in total. The molecule has 2 rings (SSSR count). The van der Waals surface area contributed by atoms with Gasteiger partial charge in [0.05, 0.1) is 5.39 Å². The van der Waals surface area contributed by atoms with Gasteiger partial charge in [-0.15, -0.1) is 0 Å². The molecule has 0 saturated carbocycles. The Bertz CT molecular complexity index is 494. The van der Waals surface area contributed by atoms with Crippen molar-refractivity contribution in [3.8, 4) is 0 Å². The summed E-state index contributed by atoms with van der Waals surface area (Å²) in [6, 6.07) is 1.96. The minimum absolute atomic E-state index is 0.161. The van der Waals surface area contributed by atoms with Crippen molar-refractivity contribution >= 4 is 16.9 Å². The van der Waals surface area contributed by atoms with Gasteiger partial charge >= 0.3 is 0 Å². The fourth-order valence-electron chi connectivity index (χ4n) is 1.91. The Hall–Kier alpha value is -1.66. The highest BCUT2D eigenvalue weighted by Gasteiger charge is 2.08. The van der Waals surface area contributed by atoms with Crippen molar-refractivity contribution in [2.75, 3.05) is 25.1 Å². The zero-order valence-electron chi connectivity index (χ0n) is 11.3. The first-order valence-electron chi connectivity index (χ1n) is 6.60. The topological polar surface area (TPSA) is 72.1 Å². The Morgan fingerprint density at radius 2 is 2.05 bits per heavy atom. The molecule has 0 unspecified atom stereocenters. The molecular weight excluding hydrogens is 244 g/mol. The van der Waals surface area contributed by atoms with E-state index in [-0.39, 0.29) is 6.29 Å². The fraction of sp³-hybridized carbons (Fsp3) is 0.538. The van der Waals surface area contributed by atoms with E-state index in [0.717, 1.165) is 29.8 Å². The van der Waals surface area contributed by atoms with Crippen LogP contribution in [0.4, 0.5) is 5.82 Å². The number of hydrogen-bond acceptors (Lipinski definition) is 5. The van der Waals surface area contributed by atoms with E-state index in [1.165, 1.54) is 0 Å². The Balaban J connectivity index is 1.89. The number of aromatic nitrogens is 3. The van der Waals surface area contributed by atoms with Crippen molar-refractivity contribution in [2.45, 2.75) is 26.6 Å². The van der Waals surface area contributed by atoms with E-state index in [4.69, 9.17) is 9.47 Å². The third-order valence-corrected chi connectivity index (χ3v) is 2.73. The fourth-order valence-corrected chi connectivity index (χ4v) is 1.91. The monoisotopic (exact) mass is 264 g/mol. The van der Waals surface area contributed by atoms with Crippen LogP contribution in [0.1, 0.15) is 20.3 Å². The highest BCUT2D eigenvalue weighted by molar-refractivity contribution is 5.86. The van der Waals surface area contributed by atoms with Crippen molar-refractivity contribution in [3.05, 3.63) is 18.6 Å². The molecule has 0 aromatic carbocycles. The number of fused-ring (bicyclic) bond motifs is 1. The summed E-state index contributed by atoms with van der Waals surface area (Å²) in [6.45, 7) is 5.98. The van der Waals surface area contributed by atoms with Crippen LogP contribution in [0.15, 0.2) is 18.6 Å². The van der Waals surface area contributed by atoms with Crippen molar-refractivity contribution in [1.82, 2.24) is 15.0 Å². The SMILES string of the molecule is CCOC(CCNc1ncnc2[nH]ccc12)OCC. The molecule has 6 heteroatoms. The maximum absolute atomic E-state index is 5.49. The van der Waals surface area contributed by atoms with Gasteiger partial charge in [0.1, 0.15) is 17.8 Å². The number of H-pyrrole nitrogens is 1. The molecule has 6 nitrogen and oxygen atoms in total. The number of anilines is 1. The molecule has 0 saturated heterocycles. The van der Waals surface area contributed by atoms with Crippen molar-refractivity contribution in [1.29, 1.82) is 0 Å². The van der Waals surface area contributed by atoms with Gasteiger partial charge in [-0.2, -0.15) is 0 Å². The minimum Gasteiger partial charge on any atom is -0.369 e. The molecule has 2 heterocycles. The van der Waals surface area contributed by atoms with Crippen LogP contribution in [0.2, 0.25) is 0 Å². The van der Waals surface area contributed by atoms with E-state index in [9.17, 15) is 0 Å². The highest BCUT2D eigenvalue weighted by Crippen LogP contribution is 2.17. The molecule has 0 bridgehead atoms. The normalized spacial score (nSPS) is 11.3. The van der Waals surface area contributed by atoms with Crippen LogP contribution in [0.3, 0.4) is 0 Å². The van der Waals surface area contributed by atoms with E-state index in [1.54, 1.807) is 6.33 Å². The largest absolute Gasteiger partial charge is 0.369 e. The van der Waals surface area contributed by atoms with Gasteiger partial charge in [0, 0.05) is 32.4 Å². The number of hydrogen-bond donors (Lipinski definition) is 2. The lowest BCUT2D eigenvalue weighted by molar-refractivity contribution is -0.137. The van der Waals surface area contributed by atoms with E-state index in [2.05, 4.69) is 20.3 Å². The maximum Gasteiger partial charge on any atom is 0.159 e. The Morgan fingerprint density at radius 3 is 2.79 bits per heavy atom. The summed E-state index contributed by atoms with van der Waals surface area (Å²) in [5, 5.41) is 4.28. The van der Waals surface area contributed by atoms with Gasteiger partial charge in [0.2, 0.25) is 0 Å². The van der Waals surface area contributed by atoms with Crippen molar-refractivity contribution < 1.29 is 9.47 Å². The summed E-state index contributed by atoms with van der Waals surface area (Å²) in [4.78, 5) is 11.5. The molecule has 0 aliphatic heterocycles. The molecule has 0 radical (unpaired) electrons. The van der Waals surface area contributed by atoms with Crippen molar-refractivity contribution in [3.63, 3.8) is 0 Å². The van der Waals surface area contributed by atoms with Gasteiger partial charge in [-0.25, -0.2) is 9.97 Å². The molecule has 2 aromatic rings. The lowest BCUT2D eigenvalue weighted by atomic mass is 10.3. The minimum atomic E-state index is -0.161. The molecule has 0 fully saturated rings. The Morgan fingerprint density at radius 1 is 1.26 bits per heavy atom. The van der Waals surface area contributed by atoms with Crippen LogP contribution in [-0.2, 0) is 9.47 Å². The lowest BCUT2D eigenvalue weighted by Gasteiger charge is -2.17. The molecule has 104 valence electrons. The number of nitrogens with one attached hydrogen (secondary N) is 2. The number of ether oxygens (including phenoxy) is 2. The predicted molar refractivity (Wildman–Crippen MR) is 74.0 cm³/mol. The molecule has 0 amide bonds. The van der Waals surface area contributed by atoms with Gasteiger partial charge in [0.25, 0.3) is 0 Å². The Kier molecular flexibility index (Phi) is 5.11. The zero-order valence-corrected chi connectivity index (χ0v) is 11.3. The van der Waals surface area contributed by atoms with Gasteiger partial charge in [-0.1, -0.05) is 0 Å². The maximum atomic E-state index is 5.49. The number of rotatable bonds is 8. The molecule has 2 aromatic heterocycles. The molecular formula is C13H20N4O2. The summed E-state index contributed by atoms with van der Waals surface area (Å²) in [7, 11) is 0. The average molecular weight is 264 g/mol. The second kappa shape index (κ2) is 7.06. The molecule has 0 aliphatic carbocycles.